The Balaban J connectivity index is 1.54. The van der Waals surface area contributed by atoms with Gasteiger partial charge in [0.2, 0.25) is 0 Å². The van der Waals surface area contributed by atoms with Crippen molar-refractivity contribution in [1.82, 2.24) is 0 Å². The molecule has 4 aliphatic rings. The summed E-state index contributed by atoms with van der Waals surface area (Å²) in [5, 5.41) is 11.2. The minimum atomic E-state index is -1.28. The molecule has 2 saturated carbocycles. The molecule has 0 aromatic heterocycles. The van der Waals surface area contributed by atoms with Gasteiger partial charge in [-0.2, -0.15) is 0 Å². The van der Waals surface area contributed by atoms with Crippen LogP contribution in [0.2, 0.25) is 0 Å². The number of carbonyl (C=O) groups is 2. The molecule has 1 aromatic carbocycles. The number of carbonyl (C=O) groups excluding carboxylic acids is 2. The zero-order chi connectivity index (χ0) is 19.9. The molecule has 0 spiro atoms. The Morgan fingerprint density at radius 1 is 1.25 bits per heavy atom. The van der Waals surface area contributed by atoms with E-state index in [1.54, 1.807) is 24.3 Å². The fourth-order valence-corrected chi connectivity index (χ4v) is 6.68. The summed E-state index contributed by atoms with van der Waals surface area (Å²) in [4.78, 5) is 25.2. The van der Waals surface area contributed by atoms with E-state index in [9.17, 15) is 14.7 Å². The zero-order valence-electron chi connectivity index (χ0n) is 16.4. The van der Waals surface area contributed by atoms with Gasteiger partial charge < -0.3 is 19.3 Å². The normalized spacial score (nSPS) is 48.7. The van der Waals surface area contributed by atoms with Crippen LogP contribution < -0.4 is 0 Å². The van der Waals surface area contributed by atoms with E-state index in [2.05, 4.69) is 0 Å². The third-order valence-electron chi connectivity index (χ3n) is 8.48. The van der Waals surface area contributed by atoms with Crippen LogP contribution >= 0.6 is 0 Å². The van der Waals surface area contributed by atoms with Gasteiger partial charge in [-0.15, -0.1) is 0 Å². The van der Waals surface area contributed by atoms with Crippen LogP contribution in [-0.4, -0.2) is 41.1 Å². The van der Waals surface area contributed by atoms with E-state index in [0.29, 0.717) is 25.0 Å². The number of fused-ring (bicyclic) bond motifs is 2. The molecule has 6 heteroatoms. The van der Waals surface area contributed by atoms with Crippen molar-refractivity contribution >= 4 is 11.9 Å². The number of rotatable bonds is 2. The molecule has 5 rings (SSSR count). The van der Waals surface area contributed by atoms with Gasteiger partial charge >= 0.3 is 11.9 Å². The Bertz CT molecular complexity index is 854. The average molecular weight is 386 g/mol. The molecule has 0 radical (unpaired) electrons. The molecule has 2 bridgehead atoms. The Morgan fingerprint density at radius 3 is 2.68 bits per heavy atom. The third kappa shape index (κ3) is 1.90. The average Bonchev–Trinajstić information content (AvgIpc) is 3.15. The summed E-state index contributed by atoms with van der Waals surface area (Å²) in [6.07, 6.45) is 0.608. The maximum atomic E-state index is 12.7. The van der Waals surface area contributed by atoms with Crippen molar-refractivity contribution in [3.8, 4) is 0 Å². The van der Waals surface area contributed by atoms with Crippen molar-refractivity contribution in [3.63, 3.8) is 0 Å². The molecule has 2 heterocycles. The maximum Gasteiger partial charge on any atom is 0.338 e. The lowest BCUT2D eigenvalue weighted by molar-refractivity contribution is -0.257. The molecule has 7 unspecified atom stereocenters. The van der Waals surface area contributed by atoms with Gasteiger partial charge in [0.25, 0.3) is 0 Å². The first-order valence-corrected chi connectivity index (χ1v) is 10.0. The van der Waals surface area contributed by atoms with Gasteiger partial charge in [-0.05, 0) is 12.1 Å². The van der Waals surface area contributed by atoms with Crippen LogP contribution in [0.5, 0.6) is 0 Å². The van der Waals surface area contributed by atoms with Gasteiger partial charge in [-0.1, -0.05) is 39.0 Å². The first kappa shape index (κ1) is 18.1. The highest BCUT2D eigenvalue weighted by Crippen LogP contribution is 2.76. The summed E-state index contributed by atoms with van der Waals surface area (Å²) in [6, 6.07) is 8.92. The summed E-state index contributed by atoms with van der Waals surface area (Å²) in [5.74, 6) is -2.20. The Labute approximate surface area is 164 Å². The number of esters is 2. The Morgan fingerprint density at radius 2 is 1.96 bits per heavy atom. The molecule has 6 nitrogen and oxygen atoms in total. The van der Waals surface area contributed by atoms with Crippen LogP contribution in [0, 0.1) is 22.7 Å². The molecule has 1 aromatic rings. The lowest BCUT2D eigenvalue weighted by Crippen LogP contribution is -2.64. The number of hydrogen-bond donors (Lipinski definition) is 1. The SMILES string of the molecule is CC1C2(O)CC34CC(=O)OC3(CC(OC(=O)c3ccccc3)C4C)C1(C)CO2. The quantitative estimate of drug-likeness (QED) is 0.787. The van der Waals surface area contributed by atoms with Crippen molar-refractivity contribution in [2.24, 2.45) is 22.7 Å². The first-order chi connectivity index (χ1) is 13.2. The second-order valence-electron chi connectivity index (χ2n) is 9.39. The van der Waals surface area contributed by atoms with Crippen molar-refractivity contribution in [3.05, 3.63) is 35.9 Å². The molecule has 2 aliphatic carbocycles. The fourth-order valence-electron chi connectivity index (χ4n) is 6.68. The summed E-state index contributed by atoms with van der Waals surface area (Å²) in [7, 11) is 0. The van der Waals surface area contributed by atoms with Crippen molar-refractivity contribution in [1.29, 1.82) is 0 Å². The first-order valence-electron chi connectivity index (χ1n) is 10.0. The second-order valence-corrected chi connectivity index (χ2v) is 9.39. The molecule has 2 aliphatic heterocycles. The minimum Gasteiger partial charge on any atom is -0.458 e. The molecular formula is C22H26O6. The van der Waals surface area contributed by atoms with Gasteiger partial charge in [-0.3, -0.25) is 4.79 Å². The molecular weight excluding hydrogens is 360 g/mol. The molecule has 7 atom stereocenters. The van der Waals surface area contributed by atoms with Gasteiger partial charge in [0, 0.05) is 35.5 Å². The highest BCUT2D eigenvalue weighted by atomic mass is 16.6. The van der Waals surface area contributed by atoms with Gasteiger partial charge in [0.05, 0.1) is 18.6 Å². The monoisotopic (exact) mass is 386 g/mol. The summed E-state index contributed by atoms with van der Waals surface area (Å²) in [6.45, 7) is 6.34. The predicted molar refractivity (Wildman–Crippen MR) is 98.1 cm³/mol. The van der Waals surface area contributed by atoms with E-state index in [0.717, 1.165) is 0 Å². The van der Waals surface area contributed by atoms with E-state index in [1.165, 1.54) is 0 Å². The fraction of sp³-hybridized carbons (Fsp3) is 0.636. The zero-order valence-corrected chi connectivity index (χ0v) is 16.4. The molecule has 0 amide bonds. The number of hydrogen-bond acceptors (Lipinski definition) is 6. The van der Waals surface area contributed by atoms with Crippen molar-refractivity contribution < 1.29 is 28.9 Å². The lowest BCUT2D eigenvalue weighted by Gasteiger charge is -2.56. The van der Waals surface area contributed by atoms with E-state index >= 15 is 0 Å². The van der Waals surface area contributed by atoms with Crippen LogP contribution in [0.3, 0.4) is 0 Å². The molecule has 2 saturated heterocycles. The smallest absolute Gasteiger partial charge is 0.338 e. The molecule has 28 heavy (non-hydrogen) atoms. The highest BCUT2D eigenvalue weighted by Gasteiger charge is 2.84. The van der Waals surface area contributed by atoms with E-state index in [1.807, 2.05) is 26.8 Å². The molecule has 150 valence electrons. The Hall–Kier alpha value is -1.92. The van der Waals surface area contributed by atoms with Crippen LogP contribution in [0.15, 0.2) is 30.3 Å². The number of aliphatic hydroxyl groups is 1. The van der Waals surface area contributed by atoms with Gasteiger partial charge in [-0.25, -0.2) is 4.79 Å². The lowest BCUT2D eigenvalue weighted by atomic mass is 9.48. The van der Waals surface area contributed by atoms with E-state index < -0.39 is 22.2 Å². The predicted octanol–water partition coefficient (Wildman–Crippen LogP) is 2.69. The molecule has 1 N–H and O–H groups in total. The van der Waals surface area contributed by atoms with Crippen LogP contribution in [0.25, 0.3) is 0 Å². The topological polar surface area (TPSA) is 82.1 Å². The number of benzene rings is 1. The van der Waals surface area contributed by atoms with E-state index in [-0.39, 0.29) is 36.3 Å². The molecule has 4 fully saturated rings. The van der Waals surface area contributed by atoms with Gasteiger partial charge in [0.15, 0.2) is 5.79 Å². The highest BCUT2D eigenvalue weighted by molar-refractivity contribution is 5.89. The Kier molecular flexibility index (Phi) is 3.47. The van der Waals surface area contributed by atoms with Crippen molar-refractivity contribution in [2.75, 3.05) is 6.61 Å². The largest absolute Gasteiger partial charge is 0.458 e. The second kappa shape index (κ2) is 5.36. The summed E-state index contributed by atoms with van der Waals surface area (Å²) < 4.78 is 17.9. The summed E-state index contributed by atoms with van der Waals surface area (Å²) in [5.41, 5.74) is -1.42. The standard InChI is InChI=1S/C22H26O6/c1-13-16(27-18(24)15-7-5-4-6-8-15)9-22-19(3)12-26-21(25,14(19)2)11-20(13,22)10-17(23)28-22/h4-8,13-14,16,25H,9-12H2,1-3H3. The number of ether oxygens (including phenoxy) is 3. The van der Waals surface area contributed by atoms with E-state index in [4.69, 9.17) is 14.2 Å². The van der Waals surface area contributed by atoms with Crippen LogP contribution in [0.1, 0.15) is 50.4 Å². The summed E-state index contributed by atoms with van der Waals surface area (Å²) >= 11 is 0. The third-order valence-corrected chi connectivity index (χ3v) is 8.48. The van der Waals surface area contributed by atoms with Crippen molar-refractivity contribution in [2.45, 2.75) is 57.5 Å². The maximum absolute atomic E-state index is 12.7. The van der Waals surface area contributed by atoms with Crippen LogP contribution in [0.4, 0.5) is 0 Å². The van der Waals surface area contributed by atoms with Gasteiger partial charge in [0.1, 0.15) is 11.7 Å². The minimum absolute atomic E-state index is 0.133. The van der Waals surface area contributed by atoms with Crippen LogP contribution in [-0.2, 0) is 19.0 Å².